The van der Waals surface area contributed by atoms with Crippen LogP contribution in [0.2, 0.25) is 0 Å². The van der Waals surface area contributed by atoms with Gasteiger partial charge in [0, 0.05) is 12.4 Å². The molecule has 0 bridgehead atoms. The summed E-state index contributed by atoms with van der Waals surface area (Å²) in [5.74, 6) is 0.127. The fourth-order valence-electron chi connectivity index (χ4n) is 2.51. The molecule has 3 heteroatoms. The van der Waals surface area contributed by atoms with Crippen LogP contribution in [0.5, 0.6) is 0 Å². The van der Waals surface area contributed by atoms with Crippen molar-refractivity contribution in [1.82, 2.24) is 9.38 Å². The minimum absolute atomic E-state index is 0.127. The van der Waals surface area contributed by atoms with Crippen molar-refractivity contribution >= 4 is 5.65 Å². The molecule has 0 amide bonds. The molecule has 0 spiro atoms. The summed E-state index contributed by atoms with van der Waals surface area (Å²) in [5.41, 5.74) is 2.92. The zero-order valence-corrected chi connectivity index (χ0v) is 11.5. The van der Waals surface area contributed by atoms with Gasteiger partial charge in [-0.25, -0.2) is 4.98 Å². The Morgan fingerprint density at radius 1 is 1.10 bits per heavy atom. The lowest BCUT2D eigenvalue weighted by Gasteiger charge is -2.18. The van der Waals surface area contributed by atoms with Crippen LogP contribution in [0, 0.1) is 5.92 Å². The number of rotatable bonds is 4. The lowest BCUT2D eigenvalue weighted by Crippen LogP contribution is -2.12. The highest BCUT2D eigenvalue weighted by Gasteiger charge is 2.17. The normalized spacial score (nSPS) is 14.3. The highest BCUT2D eigenvalue weighted by molar-refractivity contribution is 5.39. The minimum atomic E-state index is -0.457. The Balaban J connectivity index is 1.76. The lowest BCUT2D eigenvalue weighted by atomic mass is 9.94. The van der Waals surface area contributed by atoms with Crippen LogP contribution in [0.1, 0.15) is 24.3 Å². The number of aliphatic hydroxyl groups is 1. The number of pyridine rings is 1. The number of hydrogen-bond acceptors (Lipinski definition) is 2. The molecule has 0 saturated carbocycles. The summed E-state index contributed by atoms with van der Waals surface area (Å²) in [6.07, 6.45) is 4.33. The number of hydrogen-bond donors (Lipinski definition) is 1. The summed E-state index contributed by atoms with van der Waals surface area (Å²) < 4.78 is 2.01. The Labute approximate surface area is 118 Å². The van der Waals surface area contributed by atoms with E-state index in [9.17, 15) is 5.11 Å². The first kappa shape index (κ1) is 12.9. The number of imidazole rings is 1. The molecule has 102 valence electrons. The van der Waals surface area contributed by atoms with Crippen LogP contribution in [0.25, 0.3) is 5.65 Å². The molecule has 0 aliphatic carbocycles. The van der Waals surface area contributed by atoms with Crippen molar-refractivity contribution in [1.29, 1.82) is 0 Å². The molecule has 0 saturated heterocycles. The molecule has 2 aromatic heterocycles. The highest BCUT2D eigenvalue weighted by atomic mass is 16.3. The van der Waals surface area contributed by atoms with Crippen molar-refractivity contribution < 1.29 is 5.11 Å². The topological polar surface area (TPSA) is 37.5 Å². The predicted molar refractivity (Wildman–Crippen MR) is 79.5 cm³/mol. The Kier molecular flexibility index (Phi) is 3.52. The summed E-state index contributed by atoms with van der Waals surface area (Å²) in [6.45, 7) is 2.06. The second kappa shape index (κ2) is 5.47. The number of fused-ring (bicyclic) bond motifs is 1. The summed E-state index contributed by atoms with van der Waals surface area (Å²) in [7, 11) is 0. The molecule has 3 nitrogen and oxygen atoms in total. The van der Waals surface area contributed by atoms with Gasteiger partial charge in [0.15, 0.2) is 0 Å². The van der Waals surface area contributed by atoms with Crippen LogP contribution < -0.4 is 0 Å². The van der Waals surface area contributed by atoms with Gasteiger partial charge in [-0.2, -0.15) is 0 Å². The average Bonchev–Trinajstić information content (AvgIpc) is 2.89. The van der Waals surface area contributed by atoms with Gasteiger partial charge in [-0.15, -0.1) is 0 Å². The maximum absolute atomic E-state index is 10.4. The van der Waals surface area contributed by atoms with Gasteiger partial charge in [0.1, 0.15) is 5.65 Å². The first-order chi connectivity index (χ1) is 9.74. The zero-order chi connectivity index (χ0) is 13.9. The van der Waals surface area contributed by atoms with Crippen LogP contribution in [-0.2, 0) is 6.42 Å². The third-order valence-electron chi connectivity index (χ3n) is 3.63. The maximum Gasteiger partial charge on any atom is 0.136 e. The molecule has 0 aliphatic heterocycles. The fraction of sp³-hybridized carbons (Fsp3) is 0.235. The molecule has 20 heavy (non-hydrogen) atoms. The van der Waals surface area contributed by atoms with Gasteiger partial charge in [-0.3, -0.25) is 0 Å². The van der Waals surface area contributed by atoms with E-state index < -0.39 is 6.10 Å². The number of aliphatic hydroxyl groups excluding tert-OH is 1. The number of benzene rings is 1. The zero-order valence-electron chi connectivity index (χ0n) is 11.5. The quantitative estimate of drug-likeness (QED) is 0.787. The molecule has 0 fully saturated rings. The summed E-state index contributed by atoms with van der Waals surface area (Å²) >= 11 is 0. The van der Waals surface area contributed by atoms with Gasteiger partial charge in [-0.1, -0.05) is 43.3 Å². The summed E-state index contributed by atoms with van der Waals surface area (Å²) in [5, 5.41) is 10.4. The van der Waals surface area contributed by atoms with Gasteiger partial charge in [0.2, 0.25) is 0 Å². The van der Waals surface area contributed by atoms with Gasteiger partial charge < -0.3 is 9.51 Å². The second-order valence-electron chi connectivity index (χ2n) is 5.24. The highest BCUT2D eigenvalue weighted by Crippen LogP contribution is 2.24. The van der Waals surface area contributed by atoms with Crippen LogP contribution in [0.4, 0.5) is 0 Å². The molecule has 3 aromatic rings. The summed E-state index contributed by atoms with van der Waals surface area (Å²) in [6, 6.07) is 15.8. The predicted octanol–water partition coefficient (Wildman–Crippen LogP) is 3.25. The van der Waals surface area contributed by atoms with Crippen molar-refractivity contribution in [3.63, 3.8) is 0 Å². The molecular weight excluding hydrogens is 248 g/mol. The van der Waals surface area contributed by atoms with Crippen molar-refractivity contribution in [3.05, 3.63) is 72.2 Å². The Bertz CT molecular complexity index is 657. The van der Waals surface area contributed by atoms with Gasteiger partial charge in [0.25, 0.3) is 0 Å². The average molecular weight is 266 g/mol. The van der Waals surface area contributed by atoms with Crippen LogP contribution in [0.3, 0.4) is 0 Å². The van der Waals surface area contributed by atoms with E-state index in [1.54, 1.807) is 0 Å². The maximum atomic E-state index is 10.4. The third-order valence-corrected chi connectivity index (χ3v) is 3.63. The Morgan fingerprint density at radius 2 is 1.85 bits per heavy atom. The third kappa shape index (κ3) is 2.58. The molecule has 0 aliphatic rings. The van der Waals surface area contributed by atoms with Gasteiger partial charge >= 0.3 is 0 Å². The molecule has 0 radical (unpaired) electrons. The van der Waals surface area contributed by atoms with Crippen molar-refractivity contribution in [2.45, 2.75) is 19.4 Å². The molecule has 2 heterocycles. The second-order valence-corrected chi connectivity index (χ2v) is 5.24. The van der Waals surface area contributed by atoms with Gasteiger partial charge in [-0.05, 0) is 30.0 Å². The monoisotopic (exact) mass is 266 g/mol. The van der Waals surface area contributed by atoms with E-state index >= 15 is 0 Å². The smallest absolute Gasteiger partial charge is 0.136 e. The fourth-order valence-corrected chi connectivity index (χ4v) is 2.51. The Morgan fingerprint density at radius 3 is 2.60 bits per heavy atom. The first-order valence-corrected chi connectivity index (χ1v) is 6.89. The van der Waals surface area contributed by atoms with Crippen molar-refractivity contribution in [2.75, 3.05) is 0 Å². The first-order valence-electron chi connectivity index (χ1n) is 6.89. The SMILES string of the molecule is CC(Cc1cn2ccccc2n1)C(O)c1ccccc1. The molecular formula is C17H18N2O. The van der Waals surface area contributed by atoms with Crippen LogP contribution >= 0.6 is 0 Å². The van der Waals surface area contributed by atoms with E-state index in [1.807, 2.05) is 65.3 Å². The Hall–Kier alpha value is -2.13. The van der Waals surface area contributed by atoms with E-state index in [2.05, 4.69) is 11.9 Å². The van der Waals surface area contributed by atoms with E-state index in [0.717, 1.165) is 23.3 Å². The van der Waals surface area contributed by atoms with E-state index in [-0.39, 0.29) is 5.92 Å². The molecule has 2 unspecified atom stereocenters. The minimum Gasteiger partial charge on any atom is -0.388 e. The standard InChI is InChI=1S/C17H18N2O/c1-13(17(20)14-7-3-2-4-8-14)11-15-12-19-10-6-5-9-16(19)18-15/h2-10,12-13,17,20H,11H2,1H3. The number of aromatic nitrogens is 2. The molecule has 2 atom stereocenters. The van der Waals surface area contributed by atoms with E-state index in [4.69, 9.17) is 0 Å². The lowest BCUT2D eigenvalue weighted by molar-refractivity contribution is 0.117. The molecule has 1 N–H and O–H groups in total. The van der Waals surface area contributed by atoms with Gasteiger partial charge in [0.05, 0.1) is 11.8 Å². The summed E-state index contributed by atoms with van der Waals surface area (Å²) in [4.78, 5) is 4.58. The van der Waals surface area contributed by atoms with Crippen LogP contribution in [0.15, 0.2) is 60.9 Å². The number of nitrogens with zero attached hydrogens (tertiary/aromatic N) is 2. The van der Waals surface area contributed by atoms with E-state index in [0.29, 0.717) is 0 Å². The van der Waals surface area contributed by atoms with E-state index in [1.165, 1.54) is 0 Å². The van der Waals surface area contributed by atoms with Crippen LogP contribution in [-0.4, -0.2) is 14.5 Å². The largest absolute Gasteiger partial charge is 0.388 e. The van der Waals surface area contributed by atoms with Crippen molar-refractivity contribution in [3.8, 4) is 0 Å². The molecule has 1 aromatic carbocycles. The van der Waals surface area contributed by atoms with Crippen molar-refractivity contribution in [2.24, 2.45) is 5.92 Å². The molecule has 3 rings (SSSR count).